The Bertz CT molecular complexity index is 542. The van der Waals surface area contributed by atoms with E-state index in [4.69, 9.17) is 0 Å². The van der Waals surface area contributed by atoms with Crippen LogP contribution in [-0.2, 0) is 16.0 Å². The lowest BCUT2D eigenvalue weighted by Crippen LogP contribution is -2.45. The second kappa shape index (κ2) is 7.40. The summed E-state index contributed by atoms with van der Waals surface area (Å²) in [5.41, 5.74) is 2.23. The van der Waals surface area contributed by atoms with Gasteiger partial charge in [0.25, 0.3) is 0 Å². The van der Waals surface area contributed by atoms with Crippen molar-refractivity contribution in [2.75, 3.05) is 31.1 Å². The fourth-order valence-electron chi connectivity index (χ4n) is 2.72. The lowest BCUT2D eigenvalue weighted by molar-refractivity contribution is -0.124. The van der Waals surface area contributed by atoms with Crippen molar-refractivity contribution in [2.24, 2.45) is 0 Å². The standard InChI is InChI=1S/C17H25N3O2/c1-4-19(11-16(21)18-13(2)3)12-17(22)20-10-9-14-7-5-6-8-15(14)20/h5-8,13H,4,9-12H2,1-3H3,(H,18,21). The number of nitrogens with zero attached hydrogens (tertiary/aromatic N) is 2. The molecule has 0 saturated heterocycles. The Morgan fingerprint density at radius 3 is 2.68 bits per heavy atom. The van der Waals surface area contributed by atoms with Crippen molar-refractivity contribution in [2.45, 2.75) is 33.2 Å². The average Bonchev–Trinajstić information content (AvgIpc) is 2.89. The molecule has 1 aromatic rings. The van der Waals surface area contributed by atoms with Crippen molar-refractivity contribution in [1.82, 2.24) is 10.2 Å². The molecule has 5 nitrogen and oxygen atoms in total. The summed E-state index contributed by atoms with van der Waals surface area (Å²) in [6.07, 6.45) is 0.905. The minimum atomic E-state index is -0.0357. The van der Waals surface area contributed by atoms with Crippen LogP contribution < -0.4 is 10.2 Å². The number of rotatable bonds is 6. The van der Waals surface area contributed by atoms with Crippen molar-refractivity contribution >= 4 is 17.5 Å². The molecule has 5 heteroatoms. The quantitative estimate of drug-likeness (QED) is 0.865. The maximum atomic E-state index is 12.5. The molecule has 2 rings (SSSR count). The summed E-state index contributed by atoms with van der Waals surface area (Å²) < 4.78 is 0. The molecular weight excluding hydrogens is 278 g/mol. The van der Waals surface area contributed by atoms with Gasteiger partial charge in [0.15, 0.2) is 0 Å². The first-order valence-corrected chi connectivity index (χ1v) is 7.91. The van der Waals surface area contributed by atoms with E-state index in [1.54, 1.807) is 0 Å². The number of para-hydroxylation sites is 1. The van der Waals surface area contributed by atoms with Crippen LogP contribution in [0.15, 0.2) is 24.3 Å². The van der Waals surface area contributed by atoms with Crippen molar-refractivity contribution in [3.63, 3.8) is 0 Å². The molecule has 1 aromatic carbocycles. The highest BCUT2D eigenvalue weighted by Crippen LogP contribution is 2.27. The number of hydrogen-bond acceptors (Lipinski definition) is 3. The summed E-state index contributed by atoms with van der Waals surface area (Å²) in [5.74, 6) is 0.0237. The molecule has 0 radical (unpaired) electrons. The molecule has 0 atom stereocenters. The van der Waals surface area contributed by atoms with E-state index < -0.39 is 0 Å². The van der Waals surface area contributed by atoms with Crippen LogP contribution in [0.3, 0.4) is 0 Å². The molecule has 0 fully saturated rings. The van der Waals surface area contributed by atoms with Gasteiger partial charge in [-0.05, 0) is 38.4 Å². The Hall–Kier alpha value is -1.88. The van der Waals surface area contributed by atoms with Gasteiger partial charge in [-0.2, -0.15) is 0 Å². The van der Waals surface area contributed by atoms with Crippen LogP contribution in [0.5, 0.6) is 0 Å². The van der Waals surface area contributed by atoms with E-state index in [-0.39, 0.29) is 30.9 Å². The van der Waals surface area contributed by atoms with Crippen molar-refractivity contribution in [3.05, 3.63) is 29.8 Å². The predicted octanol–water partition coefficient (Wildman–Crippen LogP) is 1.42. The van der Waals surface area contributed by atoms with Gasteiger partial charge in [-0.1, -0.05) is 25.1 Å². The van der Waals surface area contributed by atoms with Crippen LogP contribution in [0.4, 0.5) is 5.69 Å². The lowest BCUT2D eigenvalue weighted by atomic mass is 10.2. The maximum Gasteiger partial charge on any atom is 0.241 e. The molecule has 22 heavy (non-hydrogen) atoms. The minimum absolute atomic E-state index is 0.0357. The molecule has 0 aromatic heterocycles. The number of hydrogen-bond donors (Lipinski definition) is 1. The normalized spacial score (nSPS) is 13.6. The first-order valence-electron chi connectivity index (χ1n) is 7.91. The number of fused-ring (bicyclic) bond motifs is 1. The van der Waals surface area contributed by atoms with Gasteiger partial charge in [0, 0.05) is 18.3 Å². The van der Waals surface area contributed by atoms with E-state index in [0.717, 1.165) is 18.7 Å². The zero-order valence-electron chi connectivity index (χ0n) is 13.6. The molecule has 1 aliphatic rings. The number of carbonyl (C=O) groups excluding carboxylic acids is 2. The Kier molecular flexibility index (Phi) is 5.55. The number of carbonyl (C=O) groups is 2. The molecule has 0 aliphatic carbocycles. The third kappa shape index (κ3) is 4.07. The number of nitrogens with one attached hydrogen (secondary N) is 1. The van der Waals surface area contributed by atoms with Crippen molar-refractivity contribution in [3.8, 4) is 0 Å². The van der Waals surface area contributed by atoms with E-state index in [1.165, 1.54) is 5.56 Å². The number of amides is 2. The molecule has 1 aliphatic heterocycles. The summed E-state index contributed by atoms with van der Waals surface area (Å²) in [7, 11) is 0. The molecule has 1 N–H and O–H groups in total. The Morgan fingerprint density at radius 1 is 1.27 bits per heavy atom. The molecule has 0 unspecified atom stereocenters. The number of anilines is 1. The zero-order valence-corrected chi connectivity index (χ0v) is 13.6. The molecule has 0 saturated carbocycles. The molecular formula is C17H25N3O2. The zero-order chi connectivity index (χ0) is 16.1. The van der Waals surface area contributed by atoms with Gasteiger partial charge in [0.05, 0.1) is 13.1 Å². The van der Waals surface area contributed by atoms with Gasteiger partial charge in [0.2, 0.25) is 11.8 Å². The van der Waals surface area contributed by atoms with E-state index >= 15 is 0 Å². The Morgan fingerprint density at radius 2 is 2.00 bits per heavy atom. The first-order chi connectivity index (χ1) is 10.5. The molecule has 0 bridgehead atoms. The van der Waals surface area contributed by atoms with Crippen LogP contribution in [0.2, 0.25) is 0 Å². The average molecular weight is 303 g/mol. The summed E-state index contributed by atoms with van der Waals surface area (Å²) in [6.45, 7) is 7.77. The topological polar surface area (TPSA) is 52.7 Å². The summed E-state index contributed by atoms with van der Waals surface area (Å²) in [5, 5.41) is 2.86. The largest absolute Gasteiger partial charge is 0.353 e. The number of likely N-dealkylation sites (N-methyl/N-ethyl adjacent to an activating group) is 1. The van der Waals surface area contributed by atoms with E-state index in [2.05, 4.69) is 11.4 Å². The van der Waals surface area contributed by atoms with E-state index in [1.807, 2.05) is 48.8 Å². The highest BCUT2D eigenvalue weighted by Gasteiger charge is 2.25. The van der Waals surface area contributed by atoms with Gasteiger partial charge in [-0.25, -0.2) is 0 Å². The van der Waals surface area contributed by atoms with Crippen LogP contribution in [0.25, 0.3) is 0 Å². The van der Waals surface area contributed by atoms with Gasteiger partial charge >= 0.3 is 0 Å². The molecule has 120 valence electrons. The van der Waals surface area contributed by atoms with Gasteiger partial charge in [-0.3, -0.25) is 14.5 Å². The fourth-order valence-corrected chi connectivity index (χ4v) is 2.72. The summed E-state index contributed by atoms with van der Waals surface area (Å²) in [4.78, 5) is 28.1. The Balaban J connectivity index is 1.94. The summed E-state index contributed by atoms with van der Waals surface area (Å²) in [6, 6.07) is 8.13. The third-order valence-electron chi connectivity index (χ3n) is 3.81. The maximum absolute atomic E-state index is 12.5. The predicted molar refractivity (Wildman–Crippen MR) is 87.9 cm³/mol. The lowest BCUT2D eigenvalue weighted by Gasteiger charge is -2.24. The van der Waals surface area contributed by atoms with Crippen LogP contribution in [-0.4, -0.2) is 48.9 Å². The van der Waals surface area contributed by atoms with Gasteiger partial charge in [-0.15, -0.1) is 0 Å². The van der Waals surface area contributed by atoms with Gasteiger partial charge < -0.3 is 10.2 Å². The SMILES string of the molecule is CCN(CC(=O)NC(C)C)CC(=O)N1CCc2ccccc21. The third-order valence-corrected chi connectivity index (χ3v) is 3.81. The molecule has 1 heterocycles. The van der Waals surface area contributed by atoms with Crippen molar-refractivity contribution in [1.29, 1.82) is 0 Å². The summed E-state index contributed by atoms with van der Waals surface area (Å²) >= 11 is 0. The highest BCUT2D eigenvalue weighted by molar-refractivity contribution is 5.97. The highest BCUT2D eigenvalue weighted by atomic mass is 16.2. The smallest absolute Gasteiger partial charge is 0.241 e. The van der Waals surface area contributed by atoms with Gasteiger partial charge in [0.1, 0.15) is 0 Å². The molecule has 0 spiro atoms. The molecule has 2 amide bonds. The number of benzene rings is 1. The first kappa shape index (κ1) is 16.5. The second-order valence-corrected chi connectivity index (χ2v) is 5.95. The van der Waals surface area contributed by atoms with Crippen LogP contribution in [0.1, 0.15) is 26.3 Å². The van der Waals surface area contributed by atoms with E-state index in [9.17, 15) is 9.59 Å². The van der Waals surface area contributed by atoms with Crippen LogP contribution in [0, 0.1) is 0 Å². The van der Waals surface area contributed by atoms with E-state index in [0.29, 0.717) is 6.54 Å². The minimum Gasteiger partial charge on any atom is -0.353 e. The Labute approximate surface area is 132 Å². The monoisotopic (exact) mass is 303 g/mol. The van der Waals surface area contributed by atoms with Crippen molar-refractivity contribution < 1.29 is 9.59 Å². The fraction of sp³-hybridized carbons (Fsp3) is 0.529. The van der Waals surface area contributed by atoms with Crippen LogP contribution >= 0.6 is 0 Å². The second-order valence-electron chi connectivity index (χ2n) is 5.95.